The van der Waals surface area contributed by atoms with Gasteiger partial charge in [0.05, 0.1) is 6.10 Å². The highest BCUT2D eigenvalue weighted by atomic mass is 33.1. The van der Waals surface area contributed by atoms with Crippen molar-refractivity contribution in [1.29, 1.82) is 0 Å². The van der Waals surface area contributed by atoms with Crippen molar-refractivity contribution in [2.45, 2.75) is 162 Å². The van der Waals surface area contributed by atoms with Crippen LogP contribution in [0.1, 0.15) is 140 Å². The van der Waals surface area contributed by atoms with Gasteiger partial charge in [-0.2, -0.15) is 0 Å². The second-order valence-electron chi connectivity index (χ2n) is 16.6. The number of carboxylic acid groups (broad SMARTS) is 1. The monoisotopic (exact) mass is 636 g/mol. The van der Waals surface area contributed by atoms with E-state index in [9.17, 15) is 14.7 Å². The Balaban J connectivity index is 1.37. The Labute approximate surface area is 269 Å². The summed E-state index contributed by atoms with van der Waals surface area (Å²) in [5.74, 6) is 0.761. The van der Waals surface area contributed by atoms with Crippen molar-refractivity contribution < 1.29 is 24.5 Å². The van der Waals surface area contributed by atoms with Crippen LogP contribution in [0.3, 0.4) is 0 Å². The maximum atomic E-state index is 12.7. The van der Waals surface area contributed by atoms with Crippen LogP contribution >= 0.6 is 21.6 Å². The Bertz CT molecular complexity index is 1100. The second-order valence-corrected chi connectivity index (χ2v) is 19.6. The molecular formula is C36H60O5S2. The van der Waals surface area contributed by atoms with E-state index < -0.39 is 22.1 Å². The van der Waals surface area contributed by atoms with Gasteiger partial charge in [0.2, 0.25) is 0 Å². The summed E-state index contributed by atoms with van der Waals surface area (Å²) in [4.78, 5) is 23.8. The second kappa shape index (κ2) is 12.5. The van der Waals surface area contributed by atoms with Gasteiger partial charge in [0.1, 0.15) is 16.1 Å². The molecule has 0 aliphatic heterocycles. The Morgan fingerprint density at radius 3 is 2.23 bits per heavy atom. The Hall–Kier alpha value is -0.660. The lowest BCUT2D eigenvalue weighted by molar-refractivity contribution is -0.156. The molecule has 9 atom stereocenters. The Morgan fingerprint density at radius 1 is 0.930 bits per heavy atom. The Kier molecular flexibility index (Phi) is 10.2. The number of aliphatic hydroxyl groups is 1. The summed E-state index contributed by atoms with van der Waals surface area (Å²) >= 11 is 0. The van der Waals surface area contributed by atoms with E-state index in [0.717, 1.165) is 32.1 Å². The first-order valence-electron chi connectivity index (χ1n) is 17.0. The number of carbonyl (C=O) groups is 2. The van der Waals surface area contributed by atoms with E-state index in [1.165, 1.54) is 60.1 Å². The highest BCUT2D eigenvalue weighted by Crippen LogP contribution is 2.72. The molecule has 4 aliphatic carbocycles. The first-order valence-corrected chi connectivity index (χ1v) is 19.3. The van der Waals surface area contributed by atoms with Gasteiger partial charge in [0.15, 0.2) is 0 Å². The molecular weight excluding hydrogens is 577 g/mol. The average Bonchev–Trinajstić information content (AvgIpc) is 3.20. The summed E-state index contributed by atoms with van der Waals surface area (Å²) < 4.78 is 5.91. The molecule has 0 bridgehead atoms. The number of aliphatic carboxylic acids is 1. The molecule has 0 saturated heterocycles. The van der Waals surface area contributed by atoms with Gasteiger partial charge in [0.25, 0.3) is 0 Å². The number of carboxylic acids is 1. The van der Waals surface area contributed by atoms with Crippen LogP contribution in [0.5, 0.6) is 0 Å². The maximum absolute atomic E-state index is 12.7. The summed E-state index contributed by atoms with van der Waals surface area (Å²) in [5, 5.41) is 19.0. The number of allylic oxidation sites excluding steroid dienone is 2. The van der Waals surface area contributed by atoms with Crippen LogP contribution in [0.4, 0.5) is 0 Å². The van der Waals surface area contributed by atoms with Crippen molar-refractivity contribution >= 4 is 33.5 Å². The molecule has 43 heavy (non-hydrogen) atoms. The first kappa shape index (κ1) is 35.2. The van der Waals surface area contributed by atoms with Gasteiger partial charge < -0.3 is 14.9 Å². The van der Waals surface area contributed by atoms with Gasteiger partial charge >= 0.3 is 11.9 Å². The number of carbonyl (C=O) groups excluding carboxylic acids is 1. The lowest BCUT2D eigenvalue weighted by Gasteiger charge is -2.62. The molecule has 0 spiro atoms. The molecule has 246 valence electrons. The third-order valence-electron chi connectivity index (χ3n) is 13.3. The van der Waals surface area contributed by atoms with Crippen LogP contribution < -0.4 is 0 Å². The number of aliphatic hydroxyl groups excluding tert-OH is 1. The molecule has 0 heterocycles. The molecule has 0 aromatic heterocycles. The quantitative estimate of drug-likeness (QED) is 0.133. The van der Waals surface area contributed by atoms with E-state index in [1.807, 2.05) is 13.8 Å². The maximum Gasteiger partial charge on any atom is 0.320 e. The molecule has 0 amide bonds. The topological polar surface area (TPSA) is 83.8 Å². The molecule has 4 aliphatic rings. The first-order chi connectivity index (χ1) is 19.8. The molecule has 0 radical (unpaired) electrons. The van der Waals surface area contributed by atoms with Crippen molar-refractivity contribution in [3.8, 4) is 0 Å². The van der Waals surface area contributed by atoms with Crippen LogP contribution in [-0.4, -0.2) is 44.4 Å². The zero-order valence-electron chi connectivity index (χ0n) is 28.7. The lowest BCUT2D eigenvalue weighted by atomic mass is 9.43. The van der Waals surface area contributed by atoms with E-state index in [1.54, 1.807) is 25.0 Å². The zero-order chi connectivity index (χ0) is 32.2. The molecule has 0 aromatic rings. The van der Waals surface area contributed by atoms with E-state index in [2.05, 4.69) is 41.5 Å². The minimum absolute atomic E-state index is 0.0171. The molecule has 3 unspecified atom stereocenters. The van der Waals surface area contributed by atoms with Crippen molar-refractivity contribution in [3.05, 3.63) is 11.1 Å². The van der Waals surface area contributed by atoms with Crippen molar-refractivity contribution in [2.75, 3.05) is 0 Å². The van der Waals surface area contributed by atoms with Gasteiger partial charge in [-0.3, -0.25) is 9.59 Å². The molecule has 5 nitrogen and oxygen atoms in total. The van der Waals surface area contributed by atoms with E-state index >= 15 is 0 Å². The smallest absolute Gasteiger partial charge is 0.320 e. The number of rotatable bonds is 11. The Morgan fingerprint density at radius 2 is 1.58 bits per heavy atom. The van der Waals surface area contributed by atoms with Gasteiger partial charge in [-0.1, -0.05) is 80.7 Å². The van der Waals surface area contributed by atoms with Gasteiger partial charge in [-0.15, -0.1) is 0 Å². The molecule has 7 heteroatoms. The number of fused-ring (bicyclic) bond motifs is 4. The third kappa shape index (κ3) is 6.35. The predicted octanol–water partition coefficient (Wildman–Crippen LogP) is 9.47. The normalized spacial score (nSPS) is 37.5. The number of ether oxygens (including phenoxy) is 1. The zero-order valence-corrected chi connectivity index (χ0v) is 30.3. The fourth-order valence-electron chi connectivity index (χ4n) is 10.3. The SMILES string of the molecule is CC(SSC(C)C(=O)OC(C)(C)CCC[C@@H](C)[C@H]1CC[C@@]2(C)C3=C(CC[C@]12C)[C@@]1(C)CCC(O)C(C)(C)[C@@H]1CC3)C(=O)O. The van der Waals surface area contributed by atoms with E-state index in [-0.39, 0.29) is 28.3 Å². The van der Waals surface area contributed by atoms with E-state index in [4.69, 9.17) is 9.84 Å². The molecule has 4 rings (SSSR count). The largest absolute Gasteiger partial charge is 0.480 e. The fraction of sp³-hybridized carbons (Fsp3) is 0.889. The van der Waals surface area contributed by atoms with Crippen LogP contribution in [0.25, 0.3) is 0 Å². The highest BCUT2D eigenvalue weighted by molar-refractivity contribution is 8.77. The van der Waals surface area contributed by atoms with Gasteiger partial charge in [-0.05, 0) is 131 Å². The summed E-state index contributed by atoms with van der Waals surface area (Å²) in [6.07, 6.45) is 12.4. The van der Waals surface area contributed by atoms with Crippen molar-refractivity contribution in [2.24, 2.45) is 39.4 Å². The molecule has 2 N–H and O–H groups in total. The lowest BCUT2D eigenvalue weighted by Crippen LogP contribution is -2.55. The third-order valence-corrected chi connectivity index (χ3v) is 16.5. The molecule has 0 aromatic carbocycles. The minimum Gasteiger partial charge on any atom is -0.480 e. The van der Waals surface area contributed by atoms with Crippen LogP contribution in [0.2, 0.25) is 0 Å². The van der Waals surface area contributed by atoms with Crippen molar-refractivity contribution in [1.82, 2.24) is 0 Å². The van der Waals surface area contributed by atoms with Crippen molar-refractivity contribution in [3.63, 3.8) is 0 Å². The summed E-state index contributed by atoms with van der Waals surface area (Å²) in [5.41, 5.74) is 3.85. The molecule has 2 saturated carbocycles. The average molecular weight is 637 g/mol. The minimum atomic E-state index is -0.870. The van der Waals surface area contributed by atoms with Gasteiger partial charge in [0, 0.05) is 0 Å². The van der Waals surface area contributed by atoms with Crippen LogP contribution in [-0.2, 0) is 14.3 Å². The van der Waals surface area contributed by atoms with Crippen LogP contribution in [0, 0.1) is 39.4 Å². The highest BCUT2D eigenvalue weighted by Gasteiger charge is 2.63. The standard InChI is InChI=1S/C36H60O5S2/c1-22(12-11-18-32(4,5)41-31(40)24(3)43-42-23(2)30(38)39)25-15-20-36(10)27-13-14-28-33(6,7)29(37)17-19-34(28,8)26(27)16-21-35(25,36)9/h22-25,28-29,37H,11-21H2,1-10H3,(H,38,39)/t22-,23?,24?,25-,28+,29?,34-,35-,36+/m1/s1. The summed E-state index contributed by atoms with van der Waals surface area (Å²) in [7, 11) is 2.48. The number of hydrogen-bond acceptors (Lipinski definition) is 6. The van der Waals surface area contributed by atoms with E-state index in [0.29, 0.717) is 23.2 Å². The number of esters is 1. The van der Waals surface area contributed by atoms with Gasteiger partial charge in [-0.25, -0.2) is 0 Å². The molecule has 2 fully saturated rings. The summed E-state index contributed by atoms with van der Waals surface area (Å²) in [6.45, 7) is 22.3. The predicted molar refractivity (Wildman–Crippen MR) is 180 cm³/mol. The van der Waals surface area contributed by atoms with Crippen LogP contribution in [0.15, 0.2) is 11.1 Å². The summed E-state index contributed by atoms with van der Waals surface area (Å²) in [6, 6.07) is 0. The fourth-order valence-corrected chi connectivity index (χ4v) is 12.4. The number of hydrogen-bond donors (Lipinski definition) is 2.